The van der Waals surface area contributed by atoms with Crippen LogP contribution in [0.25, 0.3) is 0 Å². The van der Waals surface area contributed by atoms with E-state index in [0.29, 0.717) is 0 Å². The zero-order valence-electron chi connectivity index (χ0n) is 12.6. The van der Waals surface area contributed by atoms with Gasteiger partial charge in [0.2, 0.25) is 0 Å². The highest BCUT2D eigenvalue weighted by molar-refractivity contribution is 7.90. The molecule has 2 N–H and O–H groups in total. The van der Waals surface area contributed by atoms with Crippen molar-refractivity contribution in [1.82, 2.24) is 10.6 Å². The zero-order valence-corrected chi connectivity index (χ0v) is 13.5. The number of nitrogens with one attached hydrogen (secondary N) is 2. The number of carbonyl (C=O) groups is 2. The maximum Gasteiger partial charge on any atom is 0.323 e. The molecule has 8 nitrogen and oxygen atoms in total. The summed E-state index contributed by atoms with van der Waals surface area (Å²) in [5.41, 5.74) is -0.567. The van der Waals surface area contributed by atoms with E-state index in [9.17, 15) is 18.0 Å². The number of methoxy groups -OCH3 is 1. The van der Waals surface area contributed by atoms with Crippen LogP contribution in [-0.4, -0.2) is 52.8 Å². The van der Waals surface area contributed by atoms with Crippen LogP contribution in [0, 0.1) is 5.41 Å². The van der Waals surface area contributed by atoms with Crippen molar-refractivity contribution < 1.29 is 27.5 Å². The molecule has 0 fully saturated rings. The lowest BCUT2D eigenvalue weighted by Crippen LogP contribution is -2.40. The summed E-state index contributed by atoms with van der Waals surface area (Å²) >= 11 is 0. The Bertz CT molecular complexity index is 484. The highest BCUT2D eigenvalue weighted by Crippen LogP contribution is 2.17. The molecular formula is C12H22N2O6S. The number of sulfone groups is 1. The van der Waals surface area contributed by atoms with Crippen LogP contribution in [0.1, 0.15) is 13.8 Å². The van der Waals surface area contributed by atoms with Crippen molar-refractivity contribution >= 4 is 21.8 Å². The van der Waals surface area contributed by atoms with Gasteiger partial charge in [-0.3, -0.25) is 10.1 Å². The minimum Gasteiger partial charge on any atom is -0.504 e. The maximum atomic E-state index is 11.3. The van der Waals surface area contributed by atoms with Gasteiger partial charge in [0.25, 0.3) is 5.91 Å². The van der Waals surface area contributed by atoms with E-state index < -0.39 is 27.2 Å². The van der Waals surface area contributed by atoms with Crippen LogP contribution < -0.4 is 10.6 Å². The van der Waals surface area contributed by atoms with E-state index >= 15 is 0 Å². The van der Waals surface area contributed by atoms with E-state index in [0.717, 1.165) is 18.6 Å². The molecule has 0 saturated carbocycles. The lowest BCUT2D eigenvalue weighted by molar-refractivity contribution is -0.115. The summed E-state index contributed by atoms with van der Waals surface area (Å²) in [6.07, 6.45) is 3.34. The van der Waals surface area contributed by atoms with E-state index in [1.165, 1.54) is 7.11 Å². The molecular weight excluding hydrogens is 300 g/mol. The monoisotopic (exact) mass is 322 g/mol. The van der Waals surface area contributed by atoms with Crippen LogP contribution >= 0.6 is 0 Å². The van der Waals surface area contributed by atoms with Crippen LogP contribution in [0.2, 0.25) is 0 Å². The molecule has 0 radical (unpaired) electrons. The highest BCUT2D eigenvalue weighted by Gasteiger charge is 2.23. The third kappa shape index (κ3) is 11.9. The summed E-state index contributed by atoms with van der Waals surface area (Å²) in [5.74, 6) is -0.654. The van der Waals surface area contributed by atoms with E-state index in [1.54, 1.807) is 13.8 Å². The van der Waals surface area contributed by atoms with Crippen molar-refractivity contribution in [2.75, 3.05) is 32.5 Å². The van der Waals surface area contributed by atoms with E-state index in [2.05, 4.69) is 10.1 Å². The first-order chi connectivity index (χ1) is 9.56. The van der Waals surface area contributed by atoms with E-state index in [1.807, 2.05) is 5.32 Å². The molecule has 0 unspecified atom stereocenters. The smallest absolute Gasteiger partial charge is 0.323 e. The predicted molar refractivity (Wildman–Crippen MR) is 77.1 cm³/mol. The first-order valence-corrected chi connectivity index (χ1v) is 8.15. The first kappa shape index (κ1) is 19.4. The fourth-order valence-corrected chi connectivity index (χ4v) is 3.03. The minimum absolute atomic E-state index is 0.0213. The number of rotatable bonds is 8. The molecule has 0 saturated heterocycles. The molecule has 0 atom stereocenters. The molecule has 0 rings (SSSR count). The summed E-state index contributed by atoms with van der Waals surface area (Å²) in [6.45, 7) is 3.50. The Morgan fingerprint density at radius 2 is 1.90 bits per heavy atom. The number of carbonyl (C=O) groups excluding carboxylic acids is 2. The minimum atomic E-state index is -3.10. The second-order valence-corrected chi connectivity index (χ2v) is 7.40. The SMILES string of the molecule is CO/C=C/C(=O)NC(=O)NCOCC(C)(C)CS(C)(=O)=O. The second kappa shape index (κ2) is 8.63. The van der Waals surface area contributed by atoms with Crippen LogP contribution in [0.15, 0.2) is 12.3 Å². The predicted octanol–water partition coefficient (Wildman–Crippen LogP) is 0.0172. The van der Waals surface area contributed by atoms with Gasteiger partial charge in [-0.25, -0.2) is 13.2 Å². The fraction of sp³-hybridized carbons (Fsp3) is 0.667. The highest BCUT2D eigenvalue weighted by atomic mass is 32.2. The number of hydrogen-bond donors (Lipinski definition) is 2. The standard InChI is InChI=1S/C12H22N2O6S/c1-12(2,8-21(4,17)18)7-20-9-13-11(16)14-10(15)5-6-19-3/h5-6H,7-9H2,1-4H3,(H2,13,14,15,16)/b6-5+. The summed E-state index contributed by atoms with van der Waals surface area (Å²) in [6, 6.07) is -0.721. The molecule has 0 aromatic carbocycles. The molecule has 21 heavy (non-hydrogen) atoms. The summed E-state index contributed by atoms with van der Waals surface area (Å²) < 4.78 is 32.1. The van der Waals surface area contributed by atoms with E-state index in [-0.39, 0.29) is 19.1 Å². The van der Waals surface area contributed by atoms with Crippen molar-refractivity contribution in [3.63, 3.8) is 0 Å². The number of urea groups is 1. The maximum absolute atomic E-state index is 11.3. The Morgan fingerprint density at radius 1 is 1.29 bits per heavy atom. The van der Waals surface area contributed by atoms with Gasteiger partial charge in [-0.05, 0) is 0 Å². The molecule has 122 valence electrons. The normalized spacial score (nSPS) is 12.2. The van der Waals surface area contributed by atoms with Gasteiger partial charge in [-0.15, -0.1) is 0 Å². The summed E-state index contributed by atoms with van der Waals surface area (Å²) in [5, 5.41) is 4.33. The van der Waals surface area contributed by atoms with Gasteiger partial charge in [0.15, 0.2) is 0 Å². The molecule has 0 spiro atoms. The van der Waals surface area contributed by atoms with E-state index in [4.69, 9.17) is 4.74 Å². The number of amides is 3. The van der Waals surface area contributed by atoms with Gasteiger partial charge in [0.1, 0.15) is 16.6 Å². The zero-order chi connectivity index (χ0) is 16.5. The third-order valence-electron chi connectivity index (χ3n) is 2.07. The number of ether oxygens (including phenoxy) is 2. The Hall–Kier alpha value is -1.61. The average Bonchev–Trinajstić information content (AvgIpc) is 2.29. The lowest BCUT2D eigenvalue weighted by atomic mass is 9.98. The van der Waals surface area contributed by atoms with Crippen molar-refractivity contribution in [3.05, 3.63) is 12.3 Å². The van der Waals surface area contributed by atoms with Gasteiger partial charge >= 0.3 is 6.03 Å². The van der Waals surface area contributed by atoms with Crippen LogP contribution in [0.5, 0.6) is 0 Å². The summed E-state index contributed by atoms with van der Waals surface area (Å²) in [4.78, 5) is 22.4. The Kier molecular flexibility index (Phi) is 7.97. The van der Waals surface area contributed by atoms with Gasteiger partial charge in [0.05, 0.1) is 25.7 Å². The first-order valence-electron chi connectivity index (χ1n) is 6.09. The lowest BCUT2D eigenvalue weighted by Gasteiger charge is -2.23. The van der Waals surface area contributed by atoms with Gasteiger partial charge in [0, 0.05) is 17.7 Å². The van der Waals surface area contributed by atoms with Crippen LogP contribution in [-0.2, 0) is 24.1 Å². The molecule has 0 aromatic heterocycles. The second-order valence-electron chi connectivity index (χ2n) is 5.26. The number of hydrogen-bond acceptors (Lipinski definition) is 6. The van der Waals surface area contributed by atoms with Gasteiger partial charge in [-0.2, -0.15) is 0 Å². The molecule has 9 heteroatoms. The quantitative estimate of drug-likeness (QED) is 0.282. The fourth-order valence-electron chi connectivity index (χ4n) is 1.52. The Balaban J connectivity index is 3.97. The topological polar surface area (TPSA) is 111 Å². The van der Waals surface area contributed by atoms with Gasteiger partial charge < -0.3 is 14.8 Å². The van der Waals surface area contributed by atoms with Crippen molar-refractivity contribution in [2.45, 2.75) is 13.8 Å². The summed E-state index contributed by atoms with van der Waals surface area (Å²) in [7, 11) is -1.73. The largest absolute Gasteiger partial charge is 0.504 e. The molecule has 0 aromatic rings. The molecule has 0 heterocycles. The third-order valence-corrected chi connectivity index (χ3v) is 3.38. The number of imide groups is 1. The molecule has 0 aliphatic rings. The molecule has 0 bridgehead atoms. The van der Waals surface area contributed by atoms with Crippen LogP contribution in [0.4, 0.5) is 4.79 Å². The Morgan fingerprint density at radius 3 is 2.43 bits per heavy atom. The van der Waals surface area contributed by atoms with Crippen molar-refractivity contribution in [1.29, 1.82) is 0 Å². The van der Waals surface area contributed by atoms with Crippen LogP contribution in [0.3, 0.4) is 0 Å². The molecule has 0 aliphatic heterocycles. The molecule has 0 aliphatic carbocycles. The Labute approximate surface area is 124 Å². The van der Waals surface area contributed by atoms with Gasteiger partial charge in [-0.1, -0.05) is 13.8 Å². The van der Waals surface area contributed by atoms with Crippen molar-refractivity contribution in [3.8, 4) is 0 Å². The molecule has 3 amide bonds. The van der Waals surface area contributed by atoms with Crippen molar-refractivity contribution in [2.24, 2.45) is 5.41 Å². The average molecular weight is 322 g/mol.